The molecule has 0 aromatic heterocycles. The summed E-state index contributed by atoms with van der Waals surface area (Å²) in [6, 6.07) is 7.61. The number of hydrogen-bond donors (Lipinski definition) is 2. The zero-order valence-electron chi connectivity index (χ0n) is 9.78. The molecule has 1 aromatic rings. The van der Waals surface area contributed by atoms with E-state index in [9.17, 15) is 4.79 Å². The van der Waals surface area contributed by atoms with E-state index >= 15 is 0 Å². The lowest BCUT2D eigenvalue weighted by Crippen LogP contribution is -2.56. The number of carbonyl (C=O) groups is 1. The summed E-state index contributed by atoms with van der Waals surface area (Å²) in [6.07, 6.45) is 0.371. The molecule has 0 heterocycles. The van der Waals surface area contributed by atoms with Crippen molar-refractivity contribution >= 4 is 21.9 Å². The number of benzene rings is 1. The van der Waals surface area contributed by atoms with Crippen LogP contribution in [0.3, 0.4) is 0 Å². The molecule has 1 atom stereocenters. The Kier molecular flexibility index (Phi) is 5.11. The summed E-state index contributed by atoms with van der Waals surface area (Å²) >= 11 is 3.35. The van der Waals surface area contributed by atoms with E-state index in [0.29, 0.717) is 13.0 Å². The number of halogens is 1. The third kappa shape index (κ3) is 3.80. The molecule has 1 aromatic carbocycles. The van der Waals surface area contributed by atoms with E-state index in [0.717, 1.165) is 10.0 Å². The van der Waals surface area contributed by atoms with E-state index < -0.39 is 11.5 Å². The topological polar surface area (TPSA) is 78.3 Å². The Morgan fingerprint density at radius 2 is 2.00 bits per heavy atom. The SMILES string of the molecule is CCOC(=O)C(N)(CN)Cc1ccc(Br)cc1. The minimum absolute atomic E-state index is 0.0574. The minimum Gasteiger partial charge on any atom is -0.465 e. The fraction of sp³-hybridized carbons (Fsp3) is 0.417. The zero-order valence-corrected chi connectivity index (χ0v) is 11.4. The molecule has 94 valence electrons. The van der Waals surface area contributed by atoms with E-state index in [1.165, 1.54) is 0 Å². The quantitative estimate of drug-likeness (QED) is 0.801. The van der Waals surface area contributed by atoms with Crippen LogP contribution >= 0.6 is 15.9 Å². The molecule has 0 aliphatic rings. The first kappa shape index (κ1) is 14.2. The van der Waals surface area contributed by atoms with Crippen LogP contribution in [0.4, 0.5) is 0 Å². The van der Waals surface area contributed by atoms with Gasteiger partial charge in [-0.25, -0.2) is 4.79 Å². The highest BCUT2D eigenvalue weighted by atomic mass is 79.9. The van der Waals surface area contributed by atoms with Crippen molar-refractivity contribution in [2.24, 2.45) is 11.5 Å². The third-order valence-electron chi connectivity index (χ3n) is 2.48. The summed E-state index contributed by atoms with van der Waals surface area (Å²) in [5, 5.41) is 0. The second-order valence-corrected chi connectivity index (χ2v) is 4.80. The number of rotatable bonds is 5. The van der Waals surface area contributed by atoms with Crippen LogP contribution in [-0.4, -0.2) is 24.7 Å². The summed E-state index contributed by atoms with van der Waals surface area (Å²) in [4.78, 5) is 11.7. The number of hydrogen-bond acceptors (Lipinski definition) is 4. The van der Waals surface area contributed by atoms with E-state index in [-0.39, 0.29) is 6.54 Å². The zero-order chi connectivity index (χ0) is 12.9. The first-order valence-electron chi connectivity index (χ1n) is 5.42. The third-order valence-corrected chi connectivity index (χ3v) is 3.01. The fourth-order valence-electron chi connectivity index (χ4n) is 1.47. The number of ether oxygens (including phenoxy) is 1. The lowest BCUT2D eigenvalue weighted by Gasteiger charge is -2.25. The molecule has 0 aliphatic carbocycles. The Hall–Kier alpha value is -0.910. The van der Waals surface area contributed by atoms with Crippen LogP contribution in [0.1, 0.15) is 12.5 Å². The van der Waals surface area contributed by atoms with E-state index in [2.05, 4.69) is 15.9 Å². The first-order chi connectivity index (χ1) is 8.01. The molecule has 0 spiro atoms. The van der Waals surface area contributed by atoms with Crippen molar-refractivity contribution in [1.29, 1.82) is 0 Å². The van der Waals surface area contributed by atoms with Crippen LogP contribution in [-0.2, 0) is 16.0 Å². The largest absolute Gasteiger partial charge is 0.465 e. The Labute approximate surface area is 109 Å². The van der Waals surface area contributed by atoms with Gasteiger partial charge in [-0.1, -0.05) is 28.1 Å². The molecule has 5 heteroatoms. The molecule has 0 radical (unpaired) electrons. The number of carbonyl (C=O) groups excluding carboxylic acids is 1. The molecule has 4 nitrogen and oxygen atoms in total. The monoisotopic (exact) mass is 300 g/mol. The van der Waals surface area contributed by atoms with Gasteiger partial charge in [-0.3, -0.25) is 0 Å². The molecule has 0 fully saturated rings. The summed E-state index contributed by atoms with van der Waals surface area (Å²) < 4.78 is 5.92. The molecule has 1 rings (SSSR count). The second-order valence-electron chi connectivity index (χ2n) is 3.88. The smallest absolute Gasteiger partial charge is 0.327 e. The van der Waals surface area contributed by atoms with E-state index in [1.807, 2.05) is 24.3 Å². The maximum absolute atomic E-state index is 11.7. The van der Waals surface area contributed by atoms with Crippen LogP contribution in [0.25, 0.3) is 0 Å². The van der Waals surface area contributed by atoms with Crippen molar-refractivity contribution in [3.63, 3.8) is 0 Å². The van der Waals surface area contributed by atoms with Crippen molar-refractivity contribution in [3.05, 3.63) is 34.3 Å². The van der Waals surface area contributed by atoms with Gasteiger partial charge < -0.3 is 16.2 Å². The lowest BCUT2D eigenvalue weighted by atomic mass is 9.92. The molecule has 0 bridgehead atoms. The normalized spacial score (nSPS) is 14.1. The summed E-state index contributed by atoms with van der Waals surface area (Å²) in [7, 11) is 0. The lowest BCUT2D eigenvalue weighted by molar-refractivity contribution is -0.149. The molecule has 17 heavy (non-hydrogen) atoms. The van der Waals surface area contributed by atoms with Gasteiger partial charge in [0.25, 0.3) is 0 Å². The van der Waals surface area contributed by atoms with Crippen LogP contribution in [0, 0.1) is 0 Å². The molecule has 1 unspecified atom stereocenters. The average molecular weight is 301 g/mol. The highest BCUT2D eigenvalue weighted by molar-refractivity contribution is 9.10. The van der Waals surface area contributed by atoms with Crippen molar-refractivity contribution < 1.29 is 9.53 Å². The molecular weight excluding hydrogens is 284 g/mol. The molecule has 4 N–H and O–H groups in total. The van der Waals surface area contributed by atoms with Crippen molar-refractivity contribution in [3.8, 4) is 0 Å². The van der Waals surface area contributed by atoms with Gasteiger partial charge >= 0.3 is 5.97 Å². The summed E-state index contributed by atoms with van der Waals surface area (Å²) in [5.41, 5.74) is 11.4. The Balaban J connectivity index is 2.81. The molecule has 0 aliphatic heterocycles. The van der Waals surface area contributed by atoms with Gasteiger partial charge in [-0.15, -0.1) is 0 Å². The van der Waals surface area contributed by atoms with Gasteiger partial charge in [0.2, 0.25) is 0 Å². The van der Waals surface area contributed by atoms with Gasteiger partial charge in [0, 0.05) is 17.4 Å². The van der Waals surface area contributed by atoms with Crippen LogP contribution in [0.5, 0.6) is 0 Å². The molecule has 0 amide bonds. The van der Waals surface area contributed by atoms with Crippen molar-refractivity contribution in [2.75, 3.05) is 13.2 Å². The van der Waals surface area contributed by atoms with Gasteiger partial charge in [-0.2, -0.15) is 0 Å². The number of nitrogens with two attached hydrogens (primary N) is 2. The Bertz CT molecular complexity index is 381. The highest BCUT2D eigenvalue weighted by Gasteiger charge is 2.34. The van der Waals surface area contributed by atoms with Gasteiger partial charge in [0.05, 0.1) is 6.61 Å². The first-order valence-corrected chi connectivity index (χ1v) is 6.21. The number of esters is 1. The Morgan fingerprint density at radius 3 is 2.47 bits per heavy atom. The van der Waals surface area contributed by atoms with Crippen LogP contribution in [0.15, 0.2) is 28.7 Å². The summed E-state index contributed by atoms with van der Waals surface area (Å²) in [6.45, 7) is 2.11. The van der Waals surface area contributed by atoms with Crippen molar-refractivity contribution in [2.45, 2.75) is 18.9 Å². The standard InChI is InChI=1S/C12H17BrN2O2/c1-2-17-11(16)12(15,8-14)7-9-3-5-10(13)6-4-9/h3-6H,2,7-8,14-15H2,1H3. The predicted molar refractivity (Wildman–Crippen MR) is 70.5 cm³/mol. The van der Waals surface area contributed by atoms with Crippen LogP contribution < -0.4 is 11.5 Å². The van der Waals surface area contributed by atoms with Gasteiger partial charge in [0.1, 0.15) is 5.54 Å². The molecule has 0 saturated heterocycles. The Morgan fingerprint density at radius 1 is 1.41 bits per heavy atom. The van der Waals surface area contributed by atoms with Crippen LogP contribution in [0.2, 0.25) is 0 Å². The van der Waals surface area contributed by atoms with E-state index in [1.54, 1.807) is 6.92 Å². The molecular formula is C12H17BrN2O2. The van der Waals surface area contributed by atoms with Crippen molar-refractivity contribution in [1.82, 2.24) is 0 Å². The van der Waals surface area contributed by atoms with Gasteiger partial charge in [0.15, 0.2) is 0 Å². The van der Waals surface area contributed by atoms with Gasteiger partial charge in [-0.05, 0) is 24.6 Å². The average Bonchev–Trinajstić information content (AvgIpc) is 2.32. The minimum atomic E-state index is -1.15. The maximum atomic E-state index is 11.7. The maximum Gasteiger partial charge on any atom is 0.327 e. The summed E-state index contributed by atoms with van der Waals surface area (Å²) in [5.74, 6) is -0.453. The molecule has 0 saturated carbocycles. The fourth-order valence-corrected chi connectivity index (χ4v) is 1.73. The van der Waals surface area contributed by atoms with E-state index in [4.69, 9.17) is 16.2 Å². The second kappa shape index (κ2) is 6.14. The predicted octanol–water partition coefficient (Wildman–Crippen LogP) is 1.21. The highest BCUT2D eigenvalue weighted by Crippen LogP contribution is 2.15.